The van der Waals surface area contributed by atoms with Crippen molar-refractivity contribution >= 4 is 5.69 Å². The number of aromatic hydroxyl groups is 1. The van der Waals surface area contributed by atoms with Crippen molar-refractivity contribution in [3.05, 3.63) is 53.6 Å². The van der Waals surface area contributed by atoms with Crippen molar-refractivity contribution in [1.82, 2.24) is 0 Å². The summed E-state index contributed by atoms with van der Waals surface area (Å²) in [7, 11) is 1.69. The minimum atomic E-state index is 0.175. The molecule has 2 N–H and O–H groups in total. The van der Waals surface area contributed by atoms with E-state index in [0.29, 0.717) is 5.75 Å². The molecule has 2 rings (SSSR count). The van der Waals surface area contributed by atoms with E-state index in [0.717, 1.165) is 29.0 Å². The number of anilines is 1. The zero-order valence-corrected chi connectivity index (χ0v) is 12.2. The number of hydrogen-bond acceptors (Lipinski definition) is 3. The maximum atomic E-state index is 9.48. The Hall–Kier alpha value is -2.16. The van der Waals surface area contributed by atoms with Crippen LogP contribution in [0.15, 0.2) is 42.5 Å². The highest BCUT2D eigenvalue weighted by molar-refractivity contribution is 5.55. The molecule has 0 amide bonds. The first-order valence-electron chi connectivity index (χ1n) is 6.84. The third kappa shape index (κ3) is 3.05. The van der Waals surface area contributed by atoms with Crippen molar-refractivity contribution in [1.29, 1.82) is 0 Å². The molecular formula is C17H21NO2. The zero-order valence-electron chi connectivity index (χ0n) is 12.2. The Labute approximate surface area is 120 Å². The van der Waals surface area contributed by atoms with E-state index in [1.807, 2.05) is 31.2 Å². The third-order valence-corrected chi connectivity index (χ3v) is 3.46. The SMILES string of the molecule is CCC(Nc1ccc(O)cc1C)c1ccccc1OC. The Kier molecular flexibility index (Phi) is 4.51. The van der Waals surface area contributed by atoms with Gasteiger partial charge in [-0.05, 0) is 43.2 Å². The van der Waals surface area contributed by atoms with Crippen LogP contribution in [0.2, 0.25) is 0 Å². The van der Waals surface area contributed by atoms with Gasteiger partial charge in [-0.2, -0.15) is 0 Å². The van der Waals surface area contributed by atoms with Crippen LogP contribution in [-0.4, -0.2) is 12.2 Å². The van der Waals surface area contributed by atoms with Gasteiger partial charge in [-0.3, -0.25) is 0 Å². The monoisotopic (exact) mass is 271 g/mol. The van der Waals surface area contributed by atoms with Gasteiger partial charge in [-0.15, -0.1) is 0 Å². The number of hydrogen-bond donors (Lipinski definition) is 2. The molecule has 2 aromatic carbocycles. The molecular weight excluding hydrogens is 250 g/mol. The first-order valence-corrected chi connectivity index (χ1v) is 6.84. The summed E-state index contributed by atoms with van der Waals surface area (Å²) < 4.78 is 5.44. The standard InChI is InChI=1S/C17H21NO2/c1-4-15(14-7-5-6-8-17(14)20-3)18-16-10-9-13(19)11-12(16)2/h5-11,15,18-19H,4H2,1-3H3. The number of para-hydroxylation sites is 1. The fraction of sp³-hybridized carbons (Fsp3) is 0.294. The summed E-state index contributed by atoms with van der Waals surface area (Å²) in [6.07, 6.45) is 0.945. The third-order valence-electron chi connectivity index (χ3n) is 3.46. The fourth-order valence-electron chi connectivity index (χ4n) is 2.35. The minimum absolute atomic E-state index is 0.175. The second kappa shape index (κ2) is 6.33. The van der Waals surface area contributed by atoms with Gasteiger partial charge < -0.3 is 15.2 Å². The highest BCUT2D eigenvalue weighted by Crippen LogP contribution is 2.31. The predicted molar refractivity (Wildman–Crippen MR) is 82.5 cm³/mol. The Morgan fingerprint density at radius 2 is 1.95 bits per heavy atom. The van der Waals surface area contributed by atoms with Gasteiger partial charge in [0, 0.05) is 11.3 Å². The van der Waals surface area contributed by atoms with Crippen LogP contribution in [0.25, 0.3) is 0 Å². The van der Waals surface area contributed by atoms with Gasteiger partial charge in [-0.25, -0.2) is 0 Å². The summed E-state index contributed by atoms with van der Waals surface area (Å²) in [6.45, 7) is 4.12. The molecule has 3 heteroatoms. The van der Waals surface area contributed by atoms with Crippen LogP contribution >= 0.6 is 0 Å². The maximum Gasteiger partial charge on any atom is 0.124 e. The Morgan fingerprint density at radius 1 is 1.20 bits per heavy atom. The zero-order chi connectivity index (χ0) is 14.5. The van der Waals surface area contributed by atoms with Gasteiger partial charge in [0.15, 0.2) is 0 Å². The predicted octanol–water partition coefficient (Wildman–Crippen LogP) is 4.27. The largest absolute Gasteiger partial charge is 0.508 e. The molecule has 2 aromatic rings. The number of phenolic OH excluding ortho intramolecular Hbond substituents is 1. The highest BCUT2D eigenvalue weighted by atomic mass is 16.5. The molecule has 1 unspecified atom stereocenters. The van der Waals surface area contributed by atoms with E-state index >= 15 is 0 Å². The topological polar surface area (TPSA) is 41.5 Å². The maximum absolute atomic E-state index is 9.48. The van der Waals surface area contributed by atoms with Gasteiger partial charge in [0.05, 0.1) is 13.2 Å². The molecule has 20 heavy (non-hydrogen) atoms. The number of benzene rings is 2. The molecule has 0 fully saturated rings. The average Bonchev–Trinajstić information content (AvgIpc) is 2.46. The number of rotatable bonds is 5. The second-order valence-corrected chi connectivity index (χ2v) is 4.85. The van der Waals surface area contributed by atoms with Crippen LogP contribution in [0, 0.1) is 6.92 Å². The van der Waals surface area contributed by atoms with Crippen molar-refractivity contribution in [2.45, 2.75) is 26.3 Å². The molecule has 0 aliphatic rings. The summed E-state index contributed by atoms with van der Waals surface area (Å²) in [4.78, 5) is 0. The van der Waals surface area contributed by atoms with Crippen molar-refractivity contribution in [3.63, 3.8) is 0 Å². The Bertz CT molecular complexity index is 581. The number of ether oxygens (including phenoxy) is 1. The number of aryl methyl sites for hydroxylation is 1. The molecule has 0 heterocycles. The van der Waals surface area contributed by atoms with Gasteiger partial charge in [0.1, 0.15) is 11.5 Å². The molecule has 0 spiro atoms. The highest BCUT2D eigenvalue weighted by Gasteiger charge is 2.14. The molecule has 0 aromatic heterocycles. The molecule has 0 bridgehead atoms. The Morgan fingerprint density at radius 3 is 2.60 bits per heavy atom. The van der Waals surface area contributed by atoms with Crippen molar-refractivity contribution < 1.29 is 9.84 Å². The first-order chi connectivity index (χ1) is 9.65. The minimum Gasteiger partial charge on any atom is -0.508 e. The molecule has 1 atom stereocenters. The van der Waals surface area contributed by atoms with Crippen LogP contribution in [0.1, 0.15) is 30.5 Å². The van der Waals surface area contributed by atoms with Crippen LogP contribution in [0.3, 0.4) is 0 Å². The lowest BCUT2D eigenvalue weighted by molar-refractivity contribution is 0.406. The van der Waals surface area contributed by atoms with E-state index in [4.69, 9.17) is 4.74 Å². The van der Waals surface area contributed by atoms with Gasteiger partial charge >= 0.3 is 0 Å². The number of phenols is 1. The van der Waals surface area contributed by atoms with Crippen molar-refractivity contribution in [2.75, 3.05) is 12.4 Å². The van der Waals surface area contributed by atoms with Gasteiger partial charge in [-0.1, -0.05) is 25.1 Å². The lowest BCUT2D eigenvalue weighted by Crippen LogP contribution is -2.11. The molecule has 0 aliphatic heterocycles. The number of nitrogens with one attached hydrogen (secondary N) is 1. The fourth-order valence-corrected chi connectivity index (χ4v) is 2.35. The van der Waals surface area contributed by atoms with Gasteiger partial charge in [0.25, 0.3) is 0 Å². The Balaban J connectivity index is 2.29. The summed E-state index contributed by atoms with van der Waals surface area (Å²) in [5.74, 6) is 1.18. The van der Waals surface area contributed by atoms with E-state index < -0.39 is 0 Å². The number of methoxy groups -OCH3 is 1. The molecule has 3 nitrogen and oxygen atoms in total. The summed E-state index contributed by atoms with van der Waals surface area (Å²) in [5.41, 5.74) is 3.20. The van der Waals surface area contributed by atoms with Crippen LogP contribution in [0.4, 0.5) is 5.69 Å². The van der Waals surface area contributed by atoms with Crippen LogP contribution in [-0.2, 0) is 0 Å². The van der Waals surface area contributed by atoms with E-state index in [2.05, 4.69) is 18.3 Å². The average molecular weight is 271 g/mol. The van der Waals surface area contributed by atoms with E-state index in [9.17, 15) is 5.11 Å². The summed E-state index contributed by atoms with van der Waals surface area (Å²) in [5, 5.41) is 13.0. The lowest BCUT2D eigenvalue weighted by Gasteiger charge is -2.22. The van der Waals surface area contributed by atoms with Crippen LogP contribution < -0.4 is 10.1 Å². The van der Waals surface area contributed by atoms with Gasteiger partial charge in [0.2, 0.25) is 0 Å². The first kappa shape index (κ1) is 14.3. The smallest absolute Gasteiger partial charge is 0.124 e. The van der Waals surface area contributed by atoms with Crippen molar-refractivity contribution in [2.24, 2.45) is 0 Å². The lowest BCUT2D eigenvalue weighted by atomic mass is 10.0. The van der Waals surface area contributed by atoms with E-state index in [-0.39, 0.29) is 6.04 Å². The second-order valence-electron chi connectivity index (χ2n) is 4.85. The molecule has 0 radical (unpaired) electrons. The quantitative estimate of drug-likeness (QED) is 0.798. The molecule has 0 saturated heterocycles. The van der Waals surface area contributed by atoms with E-state index in [1.165, 1.54) is 0 Å². The molecule has 0 saturated carbocycles. The summed E-state index contributed by atoms with van der Waals surface area (Å²) in [6, 6.07) is 13.6. The van der Waals surface area contributed by atoms with Crippen molar-refractivity contribution in [3.8, 4) is 11.5 Å². The molecule has 106 valence electrons. The van der Waals surface area contributed by atoms with E-state index in [1.54, 1.807) is 19.2 Å². The van der Waals surface area contributed by atoms with Crippen LogP contribution in [0.5, 0.6) is 11.5 Å². The normalized spacial score (nSPS) is 11.9. The summed E-state index contributed by atoms with van der Waals surface area (Å²) >= 11 is 0. The molecule has 0 aliphatic carbocycles.